The van der Waals surface area contributed by atoms with Crippen molar-refractivity contribution in [2.24, 2.45) is 29.6 Å². The molecule has 6 nitrogen and oxygen atoms in total. The maximum atomic E-state index is 15.4. The fraction of sp³-hybridized carbons (Fsp3) is 0.707. The summed E-state index contributed by atoms with van der Waals surface area (Å²) in [6, 6.07) is 6.27. The lowest BCUT2D eigenvalue weighted by Gasteiger charge is -2.39. The predicted octanol–water partition coefficient (Wildman–Crippen LogP) is 8.85. The molecule has 0 saturated heterocycles. The van der Waals surface area contributed by atoms with Crippen LogP contribution in [0.15, 0.2) is 42.5 Å². The molecule has 1 aromatic rings. The molecule has 0 aromatic heterocycles. The Balaban J connectivity index is 0.000000952. The molecule has 3 aliphatic carbocycles. The Morgan fingerprint density at radius 3 is 2.04 bits per heavy atom. The largest absolute Gasteiger partial charge is 0.462 e. The van der Waals surface area contributed by atoms with Crippen LogP contribution in [0.2, 0.25) is 0 Å². The van der Waals surface area contributed by atoms with Crippen LogP contribution in [-0.2, 0) is 19.1 Å². The third kappa shape index (κ3) is 12.5. The first-order valence-corrected chi connectivity index (χ1v) is 18.7. The van der Waals surface area contributed by atoms with Crippen molar-refractivity contribution < 1.29 is 33.7 Å². The van der Waals surface area contributed by atoms with Crippen LogP contribution in [0.4, 0.5) is 4.39 Å². The van der Waals surface area contributed by atoms with Gasteiger partial charge in [0.05, 0.1) is 32.0 Å². The molecule has 0 aliphatic heterocycles. The van der Waals surface area contributed by atoms with Gasteiger partial charge in [0, 0.05) is 18.6 Å². The number of ether oxygens (including phenoxy) is 2. The summed E-state index contributed by atoms with van der Waals surface area (Å²) in [6.45, 7) is 9.29. The maximum absolute atomic E-state index is 15.4. The highest BCUT2D eigenvalue weighted by molar-refractivity contribution is 5.87. The number of aliphatic hydroxyl groups excluding tert-OH is 2. The van der Waals surface area contributed by atoms with Crippen molar-refractivity contribution in [3.8, 4) is 0 Å². The van der Waals surface area contributed by atoms with Gasteiger partial charge in [-0.25, -0.2) is 9.18 Å². The van der Waals surface area contributed by atoms with E-state index in [1.165, 1.54) is 82.6 Å². The standard InChI is InChI=1S/C37H57FO4.C4H6O2/c1-4-5-6-7-27-8-10-30(11-9-27)33-20-21-35(36(38)22-33)32-18-16-29(17-19-32)28-12-14-31(15-13-28)34(24-41-3)25-42-37(40)26(2)23-39;1-4(2-5)3-6/h20-22,27-32,34,39H,2,4-19,23-25H2,1,3H3;2,6H,1,3H2. The van der Waals surface area contributed by atoms with E-state index < -0.39 is 5.97 Å². The molecule has 3 saturated carbocycles. The molecule has 0 heterocycles. The number of carbonyl (C=O) groups is 2. The molecule has 48 heavy (non-hydrogen) atoms. The van der Waals surface area contributed by atoms with E-state index in [1.54, 1.807) is 7.11 Å². The molecule has 1 unspecified atom stereocenters. The Bertz CT molecular complexity index is 1130. The summed E-state index contributed by atoms with van der Waals surface area (Å²) in [6.07, 6.45) is 20.3. The SMILES string of the molecule is C=C(C=O)CO.C=C(CO)C(=O)OCC(COC)C1CCC(C2CCC(c3ccc(C4CCC(CCCCC)CC4)cc3F)CC2)CC1. The summed E-state index contributed by atoms with van der Waals surface area (Å²) in [5.74, 6) is 3.44. The van der Waals surface area contributed by atoms with Crippen LogP contribution < -0.4 is 0 Å². The van der Waals surface area contributed by atoms with E-state index in [9.17, 15) is 9.59 Å². The molecule has 0 radical (unpaired) electrons. The number of hydrogen-bond acceptors (Lipinski definition) is 6. The molecule has 2 N–H and O–H groups in total. The number of aldehydes is 1. The highest BCUT2D eigenvalue weighted by atomic mass is 19.1. The summed E-state index contributed by atoms with van der Waals surface area (Å²) in [4.78, 5) is 21.4. The Hall–Kier alpha value is -2.35. The first kappa shape index (κ1) is 40.1. The van der Waals surface area contributed by atoms with E-state index in [2.05, 4.69) is 32.2 Å². The lowest BCUT2D eigenvalue weighted by atomic mass is 9.67. The summed E-state index contributed by atoms with van der Waals surface area (Å²) < 4.78 is 26.3. The highest BCUT2D eigenvalue weighted by Gasteiger charge is 2.35. The molecule has 0 amide bonds. The fourth-order valence-corrected chi connectivity index (χ4v) is 8.51. The number of esters is 1. The zero-order valence-corrected chi connectivity index (χ0v) is 29.8. The van der Waals surface area contributed by atoms with E-state index in [-0.39, 0.29) is 36.1 Å². The number of halogens is 1. The van der Waals surface area contributed by atoms with Gasteiger partial charge in [0.15, 0.2) is 0 Å². The van der Waals surface area contributed by atoms with Gasteiger partial charge in [0.1, 0.15) is 12.1 Å². The zero-order chi connectivity index (χ0) is 34.9. The molecule has 0 spiro atoms. The fourth-order valence-electron chi connectivity index (χ4n) is 8.51. The topological polar surface area (TPSA) is 93.1 Å². The molecule has 3 aliphatic rings. The minimum atomic E-state index is -0.518. The van der Waals surface area contributed by atoms with E-state index in [4.69, 9.17) is 19.7 Å². The number of hydrogen-bond donors (Lipinski definition) is 2. The van der Waals surface area contributed by atoms with Gasteiger partial charge in [-0.05, 0) is 130 Å². The van der Waals surface area contributed by atoms with Gasteiger partial charge in [0.2, 0.25) is 0 Å². The number of aliphatic hydroxyl groups is 2. The van der Waals surface area contributed by atoms with Gasteiger partial charge >= 0.3 is 5.97 Å². The summed E-state index contributed by atoms with van der Waals surface area (Å²) >= 11 is 0. The van der Waals surface area contributed by atoms with Crippen LogP contribution in [0, 0.1) is 35.4 Å². The van der Waals surface area contributed by atoms with Crippen LogP contribution in [0.3, 0.4) is 0 Å². The quantitative estimate of drug-likeness (QED) is 0.0790. The second-order valence-corrected chi connectivity index (χ2v) is 14.8. The summed E-state index contributed by atoms with van der Waals surface area (Å²) in [7, 11) is 1.70. The number of rotatable bonds is 16. The molecule has 1 aromatic carbocycles. The lowest BCUT2D eigenvalue weighted by molar-refractivity contribution is -0.142. The first-order chi connectivity index (χ1) is 23.2. The molecule has 3 fully saturated rings. The smallest absolute Gasteiger partial charge is 0.335 e. The number of unbranched alkanes of at least 4 members (excludes halogenated alkanes) is 2. The van der Waals surface area contributed by atoms with Crippen molar-refractivity contribution in [2.75, 3.05) is 33.5 Å². The molecule has 1 atom stereocenters. The van der Waals surface area contributed by atoms with E-state index in [1.807, 2.05) is 6.07 Å². The van der Waals surface area contributed by atoms with Crippen molar-refractivity contribution in [3.63, 3.8) is 0 Å². The van der Waals surface area contributed by atoms with Crippen molar-refractivity contribution in [2.45, 2.75) is 121 Å². The number of carbonyl (C=O) groups excluding carboxylic acids is 2. The maximum Gasteiger partial charge on any atom is 0.335 e. The van der Waals surface area contributed by atoms with Gasteiger partial charge < -0.3 is 19.7 Å². The van der Waals surface area contributed by atoms with Crippen LogP contribution in [-0.4, -0.2) is 56.0 Å². The lowest BCUT2D eigenvalue weighted by Crippen LogP contribution is -2.32. The zero-order valence-electron chi connectivity index (χ0n) is 29.8. The summed E-state index contributed by atoms with van der Waals surface area (Å²) in [5, 5.41) is 17.1. The Morgan fingerprint density at radius 1 is 0.896 bits per heavy atom. The molecular weight excluding hydrogens is 607 g/mol. The van der Waals surface area contributed by atoms with Crippen molar-refractivity contribution >= 4 is 12.3 Å². The Labute approximate surface area is 289 Å². The first-order valence-electron chi connectivity index (χ1n) is 18.7. The van der Waals surface area contributed by atoms with Gasteiger partial charge in [0.25, 0.3) is 0 Å². The van der Waals surface area contributed by atoms with Gasteiger partial charge in [-0.15, -0.1) is 0 Å². The Morgan fingerprint density at radius 2 is 1.52 bits per heavy atom. The second-order valence-electron chi connectivity index (χ2n) is 14.8. The van der Waals surface area contributed by atoms with Crippen molar-refractivity contribution in [1.82, 2.24) is 0 Å². The monoisotopic (exact) mass is 670 g/mol. The normalized spacial score (nSPS) is 26.4. The average Bonchev–Trinajstić information content (AvgIpc) is 3.13. The third-order valence-electron chi connectivity index (χ3n) is 11.6. The highest BCUT2D eigenvalue weighted by Crippen LogP contribution is 2.46. The van der Waals surface area contributed by atoms with Crippen LogP contribution in [0.5, 0.6) is 0 Å². The Kier molecular flexibility index (Phi) is 18.1. The van der Waals surface area contributed by atoms with Crippen molar-refractivity contribution in [3.05, 3.63) is 59.4 Å². The molecular formula is C41H63FO6. The third-order valence-corrected chi connectivity index (χ3v) is 11.6. The molecule has 7 heteroatoms. The van der Waals surface area contributed by atoms with Crippen molar-refractivity contribution in [1.29, 1.82) is 0 Å². The van der Waals surface area contributed by atoms with Gasteiger partial charge in [-0.3, -0.25) is 4.79 Å². The van der Waals surface area contributed by atoms with Crippen LogP contribution in [0.1, 0.15) is 133 Å². The van der Waals surface area contributed by atoms with Crippen LogP contribution in [0.25, 0.3) is 0 Å². The van der Waals surface area contributed by atoms with Gasteiger partial charge in [-0.2, -0.15) is 0 Å². The summed E-state index contributed by atoms with van der Waals surface area (Å²) in [5.41, 5.74) is 2.50. The van der Waals surface area contributed by atoms with E-state index >= 15 is 4.39 Å². The molecule has 270 valence electrons. The molecule has 4 rings (SSSR count). The van der Waals surface area contributed by atoms with E-state index in [0.29, 0.717) is 37.3 Å². The second kappa shape index (κ2) is 21.7. The van der Waals surface area contributed by atoms with Crippen LogP contribution >= 0.6 is 0 Å². The van der Waals surface area contributed by atoms with E-state index in [0.717, 1.165) is 49.0 Å². The predicted molar refractivity (Wildman–Crippen MR) is 190 cm³/mol. The number of methoxy groups -OCH3 is 1. The molecule has 0 bridgehead atoms. The minimum absolute atomic E-state index is 0.0361. The van der Waals surface area contributed by atoms with Gasteiger partial charge in [-0.1, -0.05) is 57.9 Å². The minimum Gasteiger partial charge on any atom is -0.462 e. The number of benzene rings is 1. The average molecular weight is 671 g/mol.